The van der Waals surface area contributed by atoms with Crippen molar-refractivity contribution >= 4 is 10.1 Å². The molecule has 0 aromatic heterocycles. The van der Waals surface area contributed by atoms with Crippen molar-refractivity contribution < 1.29 is 45.5 Å². The molecule has 1 aliphatic heterocycles. The Labute approximate surface area is 243 Å². The Morgan fingerprint density at radius 3 is 2.43 bits per heavy atom. The molecule has 4 aliphatic carbocycles. The summed E-state index contributed by atoms with van der Waals surface area (Å²) >= 11 is 0. The topological polar surface area (TPSA) is 126 Å². The zero-order chi connectivity index (χ0) is 30.2. The average Bonchev–Trinajstić information content (AvgIpc) is 3.47. The summed E-state index contributed by atoms with van der Waals surface area (Å²) in [5.74, 6) is -1.33. The third-order valence-corrected chi connectivity index (χ3v) is 12.0. The highest BCUT2D eigenvalue weighted by atomic mass is 32.2. The summed E-state index contributed by atoms with van der Waals surface area (Å²) in [6.45, 7) is 3.04. The molecule has 6 rings (SSSR count). The lowest BCUT2D eigenvalue weighted by atomic mass is 9.49. The van der Waals surface area contributed by atoms with E-state index in [9.17, 15) is 37.1 Å². The maximum Gasteiger partial charge on any atom is 0.534 e. The molecule has 0 bridgehead atoms. The van der Waals surface area contributed by atoms with Crippen LogP contribution < -0.4 is 4.18 Å². The Balaban J connectivity index is 1.42. The van der Waals surface area contributed by atoms with E-state index in [4.69, 9.17) is 9.47 Å². The van der Waals surface area contributed by atoms with Gasteiger partial charge in [0.15, 0.2) is 5.79 Å². The van der Waals surface area contributed by atoms with Crippen LogP contribution in [0.3, 0.4) is 0 Å². The molecule has 1 aromatic rings. The van der Waals surface area contributed by atoms with Gasteiger partial charge in [-0.25, -0.2) is 0 Å². The number of alkyl halides is 3. The van der Waals surface area contributed by atoms with Crippen LogP contribution in [0.4, 0.5) is 13.2 Å². The van der Waals surface area contributed by atoms with E-state index in [2.05, 4.69) is 17.2 Å². The molecule has 0 amide bonds. The fraction of sp³-hybridized carbons (Fsp3) is 0.700. The number of fused-ring (bicyclic) bond motifs is 4. The van der Waals surface area contributed by atoms with E-state index in [0.717, 1.165) is 23.1 Å². The zero-order valence-electron chi connectivity index (χ0n) is 23.5. The average molecular weight is 612 g/mol. The van der Waals surface area contributed by atoms with Gasteiger partial charge in [-0.2, -0.15) is 26.9 Å². The molecule has 1 heterocycles. The van der Waals surface area contributed by atoms with E-state index in [-0.39, 0.29) is 24.2 Å². The molecule has 3 saturated carbocycles. The Bertz CT molecular complexity index is 1420. The van der Waals surface area contributed by atoms with E-state index >= 15 is 0 Å². The van der Waals surface area contributed by atoms with E-state index < -0.39 is 43.8 Å². The minimum atomic E-state index is -5.81. The molecular weight excluding hydrogens is 575 g/mol. The summed E-state index contributed by atoms with van der Waals surface area (Å²) in [5, 5.41) is 33.4. The number of hydrogen-bond donors (Lipinski definition) is 2. The van der Waals surface area contributed by atoms with Crippen molar-refractivity contribution in [3.63, 3.8) is 0 Å². The van der Waals surface area contributed by atoms with Gasteiger partial charge in [0, 0.05) is 30.6 Å². The highest BCUT2D eigenvalue weighted by molar-refractivity contribution is 7.88. The second-order valence-electron chi connectivity index (χ2n) is 13.0. The second kappa shape index (κ2) is 9.92. The molecule has 1 saturated heterocycles. The van der Waals surface area contributed by atoms with Gasteiger partial charge in [-0.3, -0.25) is 0 Å². The van der Waals surface area contributed by atoms with Crippen LogP contribution in [0, 0.1) is 28.6 Å². The first-order valence-electron chi connectivity index (χ1n) is 14.6. The fourth-order valence-corrected chi connectivity index (χ4v) is 9.47. The molecule has 2 N–H and O–H groups in total. The number of rotatable bonds is 5. The first-order valence-corrected chi connectivity index (χ1v) is 16.0. The van der Waals surface area contributed by atoms with E-state index in [1.54, 1.807) is 12.1 Å². The summed E-state index contributed by atoms with van der Waals surface area (Å²) < 4.78 is 78.1. The number of aliphatic hydroxyl groups is 2. The monoisotopic (exact) mass is 611 g/mol. The predicted molar refractivity (Wildman–Crippen MR) is 143 cm³/mol. The second-order valence-corrected chi connectivity index (χ2v) is 14.5. The standard InChI is InChI=1S/C30H36F3NO7S/c1-26-17-22(19-3-5-20(6-4-19)41-42(37,38)30(31,32)33)25-21(23(26)8-12-28(26,36)10-2-14-34)7-11-27(35)18-29(13-9-24(25)27)39-15-16-40-29/h3-6,21-23,35-36H,2,7-13,15-18H2,1H3/t21-,22+,23-,26-,27+,28-/m0/s1. The number of halogens is 3. The smallest absolute Gasteiger partial charge is 0.389 e. The van der Waals surface area contributed by atoms with Crippen LogP contribution in [-0.2, 0) is 19.6 Å². The molecular formula is C30H36F3NO7S. The quantitative estimate of drug-likeness (QED) is 0.264. The van der Waals surface area contributed by atoms with Gasteiger partial charge in [-0.1, -0.05) is 24.6 Å². The van der Waals surface area contributed by atoms with Crippen molar-refractivity contribution in [3.05, 3.63) is 41.0 Å². The molecule has 8 nitrogen and oxygen atoms in total. The predicted octanol–water partition coefficient (Wildman–Crippen LogP) is 5.22. The Morgan fingerprint density at radius 1 is 1.10 bits per heavy atom. The highest BCUT2D eigenvalue weighted by Crippen LogP contribution is 2.68. The van der Waals surface area contributed by atoms with Crippen LogP contribution in [0.15, 0.2) is 35.4 Å². The summed E-state index contributed by atoms with van der Waals surface area (Å²) in [5.41, 5.74) is -5.45. The van der Waals surface area contributed by atoms with Crippen LogP contribution in [0.5, 0.6) is 5.75 Å². The van der Waals surface area contributed by atoms with Crippen LogP contribution in [0.1, 0.15) is 82.6 Å². The van der Waals surface area contributed by atoms with Gasteiger partial charge in [0.25, 0.3) is 0 Å². The summed E-state index contributed by atoms with van der Waals surface area (Å²) in [7, 11) is -5.81. The summed E-state index contributed by atoms with van der Waals surface area (Å²) in [4.78, 5) is 0. The molecule has 0 radical (unpaired) electrons. The largest absolute Gasteiger partial charge is 0.534 e. The Hall–Kier alpha value is -2.17. The number of allylic oxidation sites excluding steroid dienone is 1. The fourth-order valence-electron chi connectivity index (χ4n) is 9.01. The minimum absolute atomic E-state index is 0.0705. The van der Waals surface area contributed by atoms with Gasteiger partial charge in [-0.15, -0.1) is 0 Å². The van der Waals surface area contributed by atoms with Crippen molar-refractivity contribution in [1.29, 1.82) is 5.26 Å². The molecule has 5 aliphatic rings. The van der Waals surface area contributed by atoms with Gasteiger partial charge >= 0.3 is 15.6 Å². The third-order valence-electron chi connectivity index (χ3n) is 11.0. The van der Waals surface area contributed by atoms with Gasteiger partial charge in [-0.05, 0) is 80.1 Å². The van der Waals surface area contributed by atoms with Gasteiger partial charge in [0.2, 0.25) is 0 Å². The number of nitriles is 1. The summed E-state index contributed by atoms with van der Waals surface area (Å²) in [6, 6.07) is 7.75. The first-order chi connectivity index (χ1) is 19.7. The van der Waals surface area contributed by atoms with Crippen molar-refractivity contribution in [2.75, 3.05) is 13.2 Å². The van der Waals surface area contributed by atoms with Crippen LogP contribution in [0.2, 0.25) is 0 Å². The number of nitrogens with zero attached hydrogens (tertiary/aromatic N) is 1. The van der Waals surface area contributed by atoms with Gasteiger partial charge in [0.1, 0.15) is 5.75 Å². The summed E-state index contributed by atoms with van der Waals surface area (Å²) in [6.07, 6.45) is 5.19. The molecule has 6 atom stereocenters. The lowest BCUT2D eigenvalue weighted by molar-refractivity contribution is -0.208. The Morgan fingerprint density at radius 2 is 1.79 bits per heavy atom. The van der Waals surface area contributed by atoms with Crippen molar-refractivity contribution in [1.82, 2.24) is 0 Å². The minimum Gasteiger partial charge on any atom is -0.389 e. The third kappa shape index (κ3) is 4.58. The first kappa shape index (κ1) is 29.9. The maximum atomic E-state index is 12.9. The number of hydrogen-bond acceptors (Lipinski definition) is 8. The Kier molecular flexibility index (Phi) is 7.06. The van der Waals surface area contributed by atoms with Gasteiger partial charge < -0.3 is 23.9 Å². The molecule has 42 heavy (non-hydrogen) atoms. The molecule has 1 spiro atoms. The van der Waals surface area contributed by atoms with Crippen molar-refractivity contribution in [2.24, 2.45) is 17.3 Å². The maximum absolute atomic E-state index is 12.9. The lowest BCUT2D eigenvalue weighted by Crippen LogP contribution is -2.55. The van der Waals surface area contributed by atoms with Crippen molar-refractivity contribution in [3.8, 4) is 11.8 Å². The highest BCUT2D eigenvalue weighted by Gasteiger charge is 2.64. The normalized spacial score (nSPS) is 37.6. The van der Waals surface area contributed by atoms with Gasteiger partial charge in [0.05, 0.1) is 30.5 Å². The van der Waals surface area contributed by atoms with E-state index in [1.807, 2.05) is 0 Å². The molecule has 12 heteroatoms. The number of ether oxygens (including phenoxy) is 2. The zero-order valence-corrected chi connectivity index (χ0v) is 24.3. The van der Waals surface area contributed by atoms with Crippen LogP contribution in [0.25, 0.3) is 0 Å². The molecule has 4 fully saturated rings. The SMILES string of the molecule is C[C@]12C[C@H](c3ccc(OS(=O)(=O)C(F)(F)F)cc3)C3=C4CCC5(C[C@]4(O)CC[C@H]3[C@@H]1CC[C@@]2(O)CCC#N)OCCO5. The van der Waals surface area contributed by atoms with E-state index in [1.165, 1.54) is 12.1 Å². The number of benzene rings is 1. The lowest BCUT2D eigenvalue weighted by Gasteiger charge is -2.57. The van der Waals surface area contributed by atoms with E-state index in [0.29, 0.717) is 64.6 Å². The van der Waals surface area contributed by atoms with Crippen LogP contribution >= 0.6 is 0 Å². The molecule has 0 unspecified atom stereocenters. The molecule has 1 aromatic carbocycles. The van der Waals surface area contributed by atoms with Crippen molar-refractivity contribution in [2.45, 2.75) is 99.5 Å². The van der Waals surface area contributed by atoms with Crippen LogP contribution in [-0.4, -0.2) is 54.3 Å². The molecule has 230 valence electrons.